The van der Waals surface area contributed by atoms with Crippen LogP contribution in [0, 0.1) is 11.6 Å². The van der Waals surface area contributed by atoms with E-state index in [-0.39, 0.29) is 23.4 Å². The first-order chi connectivity index (χ1) is 14.4. The molecule has 1 saturated heterocycles. The zero-order valence-corrected chi connectivity index (χ0v) is 16.8. The molecule has 1 aliphatic rings. The Morgan fingerprint density at radius 1 is 1.13 bits per heavy atom. The Kier molecular flexibility index (Phi) is 5.25. The Morgan fingerprint density at radius 3 is 2.47 bits per heavy atom. The van der Waals surface area contributed by atoms with Crippen LogP contribution < -0.4 is 20.1 Å². The van der Waals surface area contributed by atoms with Crippen molar-refractivity contribution in [2.45, 2.75) is 13.0 Å². The van der Waals surface area contributed by atoms with Gasteiger partial charge in [0.2, 0.25) is 0 Å². The summed E-state index contributed by atoms with van der Waals surface area (Å²) >= 11 is 0. The van der Waals surface area contributed by atoms with Crippen LogP contribution in [0.15, 0.2) is 18.3 Å². The Bertz CT molecular complexity index is 1080. The van der Waals surface area contributed by atoms with Crippen molar-refractivity contribution in [3.05, 3.63) is 30.0 Å². The molecule has 30 heavy (non-hydrogen) atoms. The molecular formula is C20H21F2N5O3. The number of nitrogen functional groups attached to an aromatic ring is 1. The number of benzene rings is 1. The average molecular weight is 417 g/mol. The van der Waals surface area contributed by atoms with Gasteiger partial charge in [0.05, 0.1) is 44.2 Å². The number of anilines is 2. The molecule has 10 heteroatoms. The molecule has 0 amide bonds. The lowest BCUT2D eigenvalue weighted by Gasteiger charge is -2.32. The molecule has 0 spiro atoms. The molecular weight excluding hydrogens is 396 g/mol. The van der Waals surface area contributed by atoms with Gasteiger partial charge in [-0.3, -0.25) is 0 Å². The number of aromatic nitrogens is 3. The van der Waals surface area contributed by atoms with E-state index < -0.39 is 17.2 Å². The van der Waals surface area contributed by atoms with E-state index in [9.17, 15) is 0 Å². The quantitative estimate of drug-likeness (QED) is 0.692. The summed E-state index contributed by atoms with van der Waals surface area (Å²) in [5.74, 6) is -1.54. The fourth-order valence-electron chi connectivity index (χ4n) is 3.48. The minimum absolute atomic E-state index is 0.0308. The summed E-state index contributed by atoms with van der Waals surface area (Å²) in [6.07, 6.45) is 1.42. The number of morpholine rings is 1. The van der Waals surface area contributed by atoms with Crippen molar-refractivity contribution >= 4 is 22.5 Å². The Balaban J connectivity index is 1.98. The van der Waals surface area contributed by atoms with Gasteiger partial charge in [0.1, 0.15) is 11.6 Å². The number of methoxy groups -OCH3 is 2. The van der Waals surface area contributed by atoms with E-state index in [0.29, 0.717) is 42.2 Å². The van der Waals surface area contributed by atoms with Crippen molar-refractivity contribution in [2.75, 3.05) is 44.5 Å². The number of rotatable bonds is 4. The van der Waals surface area contributed by atoms with Gasteiger partial charge in [0, 0.05) is 24.5 Å². The lowest BCUT2D eigenvalue weighted by molar-refractivity contribution is 0.0530. The van der Waals surface area contributed by atoms with Crippen molar-refractivity contribution in [3.8, 4) is 22.9 Å². The van der Waals surface area contributed by atoms with Gasteiger partial charge in [-0.2, -0.15) is 0 Å². The number of halogens is 2. The van der Waals surface area contributed by atoms with Crippen LogP contribution in [-0.2, 0) is 4.74 Å². The molecule has 3 aromatic rings. The summed E-state index contributed by atoms with van der Waals surface area (Å²) in [6.45, 7) is 3.56. The minimum Gasteiger partial charge on any atom is -0.494 e. The van der Waals surface area contributed by atoms with Crippen LogP contribution in [0.5, 0.6) is 11.5 Å². The number of nitrogens with zero attached hydrogens (tertiary/aromatic N) is 4. The summed E-state index contributed by atoms with van der Waals surface area (Å²) in [4.78, 5) is 14.9. The van der Waals surface area contributed by atoms with E-state index in [1.165, 1.54) is 20.4 Å². The fraction of sp³-hybridized carbons (Fsp3) is 0.350. The van der Waals surface area contributed by atoms with Crippen LogP contribution in [-0.4, -0.2) is 55.0 Å². The number of pyridine rings is 1. The van der Waals surface area contributed by atoms with E-state index in [4.69, 9.17) is 19.9 Å². The summed E-state index contributed by atoms with van der Waals surface area (Å²) in [5.41, 5.74) is 5.83. The largest absolute Gasteiger partial charge is 0.494 e. The second-order valence-corrected chi connectivity index (χ2v) is 6.91. The zero-order chi connectivity index (χ0) is 21.4. The van der Waals surface area contributed by atoms with Gasteiger partial charge in [-0.1, -0.05) is 0 Å². The van der Waals surface area contributed by atoms with Crippen molar-refractivity contribution < 1.29 is 23.0 Å². The first-order valence-electron chi connectivity index (χ1n) is 9.33. The third-order valence-corrected chi connectivity index (χ3v) is 4.92. The van der Waals surface area contributed by atoms with Crippen LogP contribution in [0.3, 0.4) is 0 Å². The molecule has 2 aromatic heterocycles. The van der Waals surface area contributed by atoms with Crippen molar-refractivity contribution in [2.24, 2.45) is 0 Å². The molecule has 1 aliphatic heterocycles. The summed E-state index contributed by atoms with van der Waals surface area (Å²) in [5, 5.41) is 0.635. The number of fused-ring (bicyclic) bond motifs is 1. The standard InChI is InChI=1S/C20H21F2N5O3/c1-10-9-27(4-5-30-10)20-11-6-15(23)24-8-12(11)25-19(26-20)16-17(21)13(28-2)7-14(29-3)18(16)22/h6-8,10H,4-5,9H2,1-3H3,(H2,23,24). The molecule has 0 saturated carbocycles. The van der Waals surface area contributed by atoms with Gasteiger partial charge in [-0.05, 0) is 13.0 Å². The van der Waals surface area contributed by atoms with Gasteiger partial charge in [0.15, 0.2) is 29.0 Å². The maximum absolute atomic E-state index is 15.1. The fourth-order valence-corrected chi connectivity index (χ4v) is 3.48. The highest BCUT2D eigenvalue weighted by atomic mass is 19.1. The van der Waals surface area contributed by atoms with Gasteiger partial charge < -0.3 is 24.8 Å². The summed E-state index contributed by atoms with van der Waals surface area (Å²) in [7, 11) is 2.57. The zero-order valence-electron chi connectivity index (χ0n) is 16.8. The number of ether oxygens (including phenoxy) is 3. The van der Waals surface area contributed by atoms with Gasteiger partial charge in [-0.25, -0.2) is 23.7 Å². The normalized spacial score (nSPS) is 16.7. The topological polar surface area (TPSA) is 95.6 Å². The van der Waals surface area contributed by atoms with Gasteiger partial charge >= 0.3 is 0 Å². The van der Waals surface area contributed by atoms with Crippen LogP contribution in [0.1, 0.15) is 6.92 Å². The highest BCUT2D eigenvalue weighted by Crippen LogP contribution is 2.38. The molecule has 1 atom stereocenters. The lowest BCUT2D eigenvalue weighted by atomic mass is 10.1. The molecule has 1 unspecified atom stereocenters. The molecule has 158 valence electrons. The minimum atomic E-state index is -0.917. The Hall–Kier alpha value is -3.27. The van der Waals surface area contributed by atoms with Crippen LogP contribution in [0.2, 0.25) is 0 Å². The second kappa shape index (κ2) is 7.86. The number of hydrogen-bond acceptors (Lipinski definition) is 8. The van der Waals surface area contributed by atoms with Crippen LogP contribution in [0.4, 0.5) is 20.4 Å². The lowest BCUT2D eigenvalue weighted by Crippen LogP contribution is -2.41. The van der Waals surface area contributed by atoms with Crippen molar-refractivity contribution in [1.82, 2.24) is 15.0 Å². The number of hydrogen-bond donors (Lipinski definition) is 1. The SMILES string of the molecule is COc1cc(OC)c(F)c(-c2nc(N3CCOC(C)C3)c3cc(N)ncc3n2)c1F. The maximum Gasteiger partial charge on any atom is 0.179 e. The predicted octanol–water partition coefficient (Wildman–Crippen LogP) is 2.79. The second-order valence-electron chi connectivity index (χ2n) is 6.91. The first-order valence-corrected chi connectivity index (χ1v) is 9.33. The monoisotopic (exact) mass is 417 g/mol. The highest BCUT2D eigenvalue weighted by molar-refractivity contribution is 5.92. The summed E-state index contributed by atoms with van der Waals surface area (Å²) in [6, 6.07) is 2.79. The van der Waals surface area contributed by atoms with E-state index in [1.54, 1.807) is 6.07 Å². The molecule has 4 rings (SSSR count). The van der Waals surface area contributed by atoms with Gasteiger partial charge in [0.25, 0.3) is 0 Å². The molecule has 0 bridgehead atoms. The molecule has 1 fully saturated rings. The van der Waals surface area contributed by atoms with E-state index >= 15 is 8.78 Å². The predicted molar refractivity (Wildman–Crippen MR) is 108 cm³/mol. The average Bonchev–Trinajstić information content (AvgIpc) is 2.73. The molecule has 3 heterocycles. The molecule has 0 radical (unpaired) electrons. The van der Waals surface area contributed by atoms with Crippen molar-refractivity contribution in [1.29, 1.82) is 0 Å². The Morgan fingerprint density at radius 2 is 1.83 bits per heavy atom. The smallest absolute Gasteiger partial charge is 0.179 e. The van der Waals surface area contributed by atoms with E-state index in [0.717, 1.165) is 6.07 Å². The molecule has 0 aliphatic carbocycles. The number of nitrogens with two attached hydrogens (primary N) is 1. The van der Waals surface area contributed by atoms with Crippen LogP contribution >= 0.6 is 0 Å². The maximum atomic E-state index is 15.1. The molecule has 1 aromatic carbocycles. The Labute approximate surface area is 171 Å². The van der Waals surface area contributed by atoms with Gasteiger partial charge in [-0.15, -0.1) is 0 Å². The molecule has 8 nitrogen and oxygen atoms in total. The van der Waals surface area contributed by atoms with Crippen LogP contribution in [0.25, 0.3) is 22.3 Å². The van der Waals surface area contributed by atoms with Crippen molar-refractivity contribution in [3.63, 3.8) is 0 Å². The van der Waals surface area contributed by atoms with E-state index in [1.807, 2.05) is 11.8 Å². The third kappa shape index (κ3) is 3.43. The molecule has 2 N–H and O–H groups in total. The first kappa shape index (κ1) is 20.0. The third-order valence-electron chi connectivity index (χ3n) is 4.92. The van der Waals surface area contributed by atoms with E-state index in [2.05, 4.69) is 15.0 Å². The summed E-state index contributed by atoms with van der Waals surface area (Å²) < 4.78 is 45.8. The highest BCUT2D eigenvalue weighted by Gasteiger charge is 2.27.